The number of halogens is 3. The molecule has 0 heterocycles. The van der Waals surface area contributed by atoms with Crippen LogP contribution in [-0.4, -0.2) is 16.7 Å². The van der Waals surface area contributed by atoms with Crippen LogP contribution < -0.4 is 0 Å². The van der Waals surface area contributed by atoms with E-state index in [2.05, 4.69) is 0 Å². The highest BCUT2D eigenvalue weighted by Gasteiger charge is 2.28. The molecule has 0 aromatic heterocycles. The first-order chi connectivity index (χ1) is 7.78. The monoisotopic (exact) mass is 262 g/mol. The van der Waals surface area contributed by atoms with Gasteiger partial charge in [0.05, 0.1) is 6.10 Å². The third-order valence-electron chi connectivity index (χ3n) is 2.17. The molecule has 94 valence electrons. The maximum Gasteiger partial charge on any atom is 0.446 e. The van der Waals surface area contributed by atoms with Gasteiger partial charge in [0, 0.05) is 4.90 Å². The van der Waals surface area contributed by atoms with E-state index in [-0.39, 0.29) is 16.7 Å². The minimum atomic E-state index is -4.26. The van der Waals surface area contributed by atoms with E-state index < -0.39 is 11.6 Å². The topological polar surface area (TPSA) is 20.2 Å². The van der Waals surface area contributed by atoms with Crippen LogP contribution in [0.25, 0.3) is 6.08 Å². The number of alkyl halides is 3. The van der Waals surface area contributed by atoms with E-state index in [9.17, 15) is 18.3 Å². The summed E-state index contributed by atoms with van der Waals surface area (Å²) in [5.41, 5.74) is -2.72. The molecule has 0 aliphatic carbocycles. The number of benzene rings is 1. The Balaban J connectivity index is 2.79. The van der Waals surface area contributed by atoms with E-state index in [0.29, 0.717) is 0 Å². The fourth-order valence-corrected chi connectivity index (χ4v) is 1.69. The Morgan fingerprint density at radius 3 is 2.24 bits per heavy atom. The van der Waals surface area contributed by atoms with Crippen molar-refractivity contribution in [1.82, 2.24) is 0 Å². The molecule has 0 radical (unpaired) electrons. The van der Waals surface area contributed by atoms with Crippen molar-refractivity contribution in [3.8, 4) is 0 Å². The summed E-state index contributed by atoms with van der Waals surface area (Å²) in [6, 6.07) is 6.03. The Morgan fingerprint density at radius 2 is 1.82 bits per heavy atom. The molecule has 0 fully saturated rings. The molecule has 5 heteroatoms. The summed E-state index contributed by atoms with van der Waals surface area (Å²) in [6.07, 6.45) is 1.19. The highest BCUT2D eigenvalue weighted by atomic mass is 32.2. The predicted molar refractivity (Wildman–Crippen MR) is 63.7 cm³/mol. The molecule has 17 heavy (non-hydrogen) atoms. The molecule has 0 bridgehead atoms. The fraction of sp³-hybridized carbons (Fsp3) is 0.333. The lowest BCUT2D eigenvalue weighted by Gasteiger charge is -2.06. The van der Waals surface area contributed by atoms with Gasteiger partial charge in [0.2, 0.25) is 0 Å². The summed E-state index contributed by atoms with van der Waals surface area (Å²) in [5.74, 6) is 0. The van der Waals surface area contributed by atoms with Gasteiger partial charge in [0.15, 0.2) is 0 Å². The van der Waals surface area contributed by atoms with Gasteiger partial charge in [-0.1, -0.05) is 18.2 Å². The number of hydrogen-bond acceptors (Lipinski definition) is 2. The standard InChI is InChI=1S/C12H13F3OS/c1-8(9(2)16)7-10-3-5-11(6-4-10)17-12(13,14)15/h3-7,9,16H,1-2H3/b8-7+. The van der Waals surface area contributed by atoms with Gasteiger partial charge in [-0.25, -0.2) is 0 Å². The lowest BCUT2D eigenvalue weighted by atomic mass is 10.1. The molecule has 0 aliphatic rings. The lowest BCUT2D eigenvalue weighted by Crippen LogP contribution is -2.00. The van der Waals surface area contributed by atoms with Crippen LogP contribution in [0.1, 0.15) is 19.4 Å². The van der Waals surface area contributed by atoms with Gasteiger partial charge in [0.25, 0.3) is 0 Å². The third kappa shape index (κ3) is 5.28. The molecule has 0 aliphatic heterocycles. The Kier molecular flexibility index (Phi) is 4.65. The average Bonchev–Trinajstić information content (AvgIpc) is 2.18. The second-order valence-corrected chi connectivity index (χ2v) is 4.82. The maximum absolute atomic E-state index is 12.1. The minimum Gasteiger partial charge on any atom is -0.389 e. The molecule has 1 aromatic rings. The Labute approximate surface area is 102 Å². The van der Waals surface area contributed by atoms with E-state index in [4.69, 9.17) is 0 Å². The summed E-state index contributed by atoms with van der Waals surface area (Å²) in [4.78, 5) is 0.157. The number of aliphatic hydroxyl groups excluding tert-OH is 1. The largest absolute Gasteiger partial charge is 0.446 e. The van der Waals surface area contributed by atoms with E-state index in [1.807, 2.05) is 0 Å². The van der Waals surface area contributed by atoms with Crippen molar-refractivity contribution < 1.29 is 18.3 Å². The lowest BCUT2D eigenvalue weighted by molar-refractivity contribution is -0.0328. The fourth-order valence-electron chi connectivity index (χ4n) is 1.15. The van der Waals surface area contributed by atoms with Gasteiger partial charge >= 0.3 is 5.51 Å². The molecule has 1 atom stereocenters. The van der Waals surface area contributed by atoms with E-state index in [1.54, 1.807) is 32.1 Å². The van der Waals surface area contributed by atoms with Gasteiger partial charge in [-0.15, -0.1) is 0 Å². The molecule has 1 unspecified atom stereocenters. The van der Waals surface area contributed by atoms with Crippen LogP contribution in [0, 0.1) is 0 Å². The second-order valence-electron chi connectivity index (χ2n) is 3.68. The minimum absolute atomic E-state index is 0.135. The quantitative estimate of drug-likeness (QED) is 0.828. The van der Waals surface area contributed by atoms with Crippen LogP contribution in [0.2, 0.25) is 0 Å². The molecule has 1 N–H and O–H groups in total. The van der Waals surface area contributed by atoms with E-state index >= 15 is 0 Å². The predicted octanol–water partition coefficient (Wildman–Crippen LogP) is 4.08. The van der Waals surface area contributed by atoms with Gasteiger partial charge in [-0.2, -0.15) is 13.2 Å². The molecule has 0 spiro atoms. The van der Waals surface area contributed by atoms with E-state index in [1.165, 1.54) is 12.1 Å². The smallest absolute Gasteiger partial charge is 0.389 e. The van der Waals surface area contributed by atoms with Crippen molar-refractivity contribution in [2.75, 3.05) is 0 Å². The molecule has 1 nitrogen and oxygen atoms in total. The third-order valence-corrected chi connectivity index (χ3v) is 2.91. The number of hydrogen-bond donors (Lipinski definition) is 1. The summed E-state index contributed by atoms with van der Waals surface area (Å²) in [5, 5.41) is 9.27. The van der Waals surface area contributed by atoms with Crippen LogP contribution in [0.5, 0.6) is 0 Å². The first-order valence-electron chi connectivity index (χ1n) is 5.00. The molecular formula is C12H13F3OS. The molecule has 1 rings (SSSR count). The van der Waals surface area contributed by atoms with Crippen LogP contribution in [0.4, 0.5) is 13.2 Å². The SMILES string of the molecule is C/C(=C\c1ccc(SC(F)(F)F)cc1)C(C)O. The van der Waals surface area contributed by atoms with Crippen LogP contribution in [0.15, 0.2) is 34.7 Å². The van der Waals surface area contributed by atoms with Crippen molar-refractivity contribution in [3.05, 3.63) is 35.4 Å². The summed E-state index contributed by atoms with van der Waals surface area (Å²) >= 11 is -0.135. The van der Waals surface area contributed by atoms with Crippen molar-refractivity contribution in [2.24, 2.45) is 0 Å². The first kappa shape index (κ1) is 14.1. The Bertz CT molecular complexity index is 393. The van der Waals surface area contributed by atoms with E-state index in [0.717, 1.165) is 11.1 Å². The van der Waals surface area contributed by atoms with Crippen molar-refractivity contribution in [1.29, 1.82) is 0 Å². The number of aliphatic hydroxyl groups is 1. The second kappa shape index (κ2) is 5.60. The zero-order valence-corrected chi connectivity index (χ0v) is 10.3. The highest BCUT2D eigenvalue weighted by Crippen LogP contribution is 2.36. The van der Waals surface area contributed by atoms with Gasteiger partial charge in [0.1, 0.15) is 0 Å². The van der Waals surface area contributed by atoms with Gasteiger partial charge in [-0.05, 0) is 48.9 Å². The van der Waals surface area contributed by atoms with Gasteiger partial charge < -0.3 is 5.11 Å². The highest BCUT2D eigenvalue weighted by molar-refractivity contribution is 8.00. The van der Waals surface area contributed by atoms with Crippen LogP contribution in [0.3, 0.4) is 0 Å². The summed E-state index contributed by atoms with van der Waals surface area (Å²) in [7, 11) is 0. The van der Waals surface area contributed by atoms with Gasteiger partial charge in [-0.3, -0.25) is 0 Å². The Hall–Kier alpha value is -0.940. The first-order valence-corrected chi connectivity index (χ1v) is 5.81. The molecular weight excluding hydrogens is 249 g/mol. The molecule has 0 amide bonds. The molecule has 0 saturated carbocycles. The maximum atomic E-state index is 12.1. The normalized spacial score (nSPS) is 14.8. The molecule has 1 aromatic carbocycles. The number of rotatable bonds is 3. The average molecular weight is 262 g/mol. The summed E-state index contributed by atoms with van der Waals surface area (Å²) in [6.45, 7) is 3.41. The number of thioether (sulfide) groups is 1. The zero-order valence-electron chi connectivity index (χ0n) is 9.45. The molecule has 0 saturated heterocycles. The van der Waals surface area contributed by atoms with Crippen LogP contribution >= 0.6 is 11.8 Å². The van der Waals surface area contributed by atoms with Crippen molar-refractivity contribution in [3.63, 3.8) is 0 Å². The summed E-state index contributed by atoms with van der Waals surface area (Å²) < 4.78 is 36.2. The Morgan fingerprint density at radius 1 is 1.29 bits per heavy atom. The van der Waals surface area contributed by atoms with Crippen molar-refractivity contribution in [2.45, 2.75) is 30.4 Å². The zero-order chi connectivity index (χ0) is 13.1. The van der Waals surface area contributed by atoms with Crippen molar-refractivity contribution >= 4 is 17.8 Å². The van der Waals surface area contributed by atoms with Crippen LogP contribution in [-0.2, 0) is 0 Å².